The zero-order chi connectivity index (χ0) is 16.8. The minimum Gasteiger partial charge on any atom is -0.457 e. The third kappa shape index (κ3) is 4.06. The molecule has 5 heteroatoms. The molecule has 1 heterocycles. The van der Waals surface area contributed by atoms with Gasteiger partial charge in [0.05, 0.1) is 0 Å². The van der Waals surface area contributed by atoms with Crippen LogP contribution >= 0.6 is 0 Å². The molecular formula is C19H23N3O2. The summed E-state index contributed by atoms with van der Waals surface area (Å²) in [7, 11) is 0. The molecule has 1 aliphatic rings. The first-order chi connectivity index (χ1) is 11.8. The van der Waals surface area contributed by atoms with Gasteiger partial charge in [-0.1, -0.05) is 18.2 Å². The molecule has 2 aromatic carbocycles. The van der Waals surface area contributed by atoms with Crippen molar-refractivity contribution in [2.75, 3.05) is 37.6 Å². The summed E-state index contributed by atoms with van der Waals surface area (Å²) in [6, 6.07) is 17.8. The van der Waals surface area contributed by atoms with Gasteiger partial charge < -0.3 is 20.3 Å². The molecule has 3 rings (SSSR count). The van der Waals surface area contributed by atoms with Crippen molar-refractivity contribution in [3.05, 3.63) is 54.6 Å². The first-order valence-corrected chi connectivity index (χ1v) is 8.32. The topological polar surface area (TPSA) is 58.8 Å². The van der Waals surface area contributed by atoms with Crippen LogP contribution in [-0.2, 0) is 4.79 Å². The van der Waals surface area contributed by atoms with E-state index in [4.69, 9.17) is 10.5 Å². The Morgan fingerprint density at radius 1 is 0.917 bits per heavy atom. The predicted molar refractivity (Wildman–Crippen MR) is 95.4 cm³/mol. The van der Waals surface area contributed by atoms with Gasteiger partial charge in [-0.05, 0) is 36.4 Å². The van der Waals surface area contributed by atoms with Crippen LogP contribution in [-0.4, -0.2) is 43.5 Å². The van der Waals surface area contributed by atoms with Gasteiger partial charge in [0.15, 0.2) is 0 Å². The maximum atomic E-state index is 11.9. The lowest BCUT2D eigenvalue weighted by atomic mass is 10.2. The normalized spacial score (nSPS) is 14.5. The molecule has 5 nitrogen and oxygen atoms in total. The Kier molecular flexibility index (Phi) is 5.33. The van der Waals surface area contributed by atoms with E-state index in [0.29, 0.717) is 13.0 Å². The quantitative estimate of drug-likeness (QED) is 0.917. The number of para-hydroxylation sites is 1. The highest BCUT2D eigenvalue weighted by Crippen LogP contribution is 2.25. The smallest absolute Gasteiger partial charge is 0.223 e. The SMILES string of the molecule is NCCC(=O)N1CCN(c2ccc(Oc3ccccc3)cc2)CC1. The first-order valence-electron chi connectivity index (χ1n) is 8.32. The molecule has 0 atom stereocenters. The number of rotatable bonds is 5. The third-order valence-electron chi connectivity index (χ3n) is 4.17. The fourth-order valence-corrected chi connectivity index (χ4v) is 2.85. The largest absolute Gasteiger partial charge is 0.457 e. The third-order valence-corrected chi connectivity index (χ3v) is 4.17. The predicted octanol–water partition coefficient (Wildman–Crippen LogP) is 2.48. The van der Waals surface area contributed by atoms with Crippen LogP contribution in [0.4, 0.5) is 5.69 Å². The van der Waals surface area contributed by atoms with E-state index < -0.39 is 0 Å². The van der Waals surface area contributed by atoms with Gasteiger partial charge in [0.25, 0.3) is 0 Å². The van der Waals surface area contributed by atoms with Crippen LogP contribution in [0.25, 0.3) is 0 Å². The summed E-state index contributed by atoms with van der Waals surface area (Å²) in [5, 5.41) is 0. The molecule has 0 radical (unpaired) electrons. The second-order valence-corrected chi connectivity index (χ2v) is 5.82. The van der Waals surface area contributed by atoms with Gasteiger partial charge in [-0.2, -0.15) is 0 Å². The number of carbonyl (C=O) groups excluding carboxylic acids is 1. The van der Waals surface area contributed by atoms with Crippen molar-refractivity contribution in [2.45, 2.75) is 6.42 Å². The molecule has 1 saturated heterocycles. The Hall–Kier alpha value is -2.53. The number of nitrogens with two attached hydrogens (primary N) is 1. The number of nitrogens with zero attached hydrogens (tertiary/aromatic N) is 2. The fourth-order valence-electron chi connectivity index (χ4n) is 2.85. The summed E-state index contributed by atoms with van der Waals surface area (Å²) in [5.74, 6) is 1.81. The van der Waals surface area contributed by atoms with Gasteiger partial charge in [0, 0.05) is 44.8 Å². The average molecular weight is 325 g/mol. The number of anilines is 1. The molecule has 0 bridgehead atoms. The van der Waals surface area contributed by atoms with Crippen molar-refractivity contribution in [1.82, 2.24) is 4.90 Å². The summed E-state index contributed by atoms with van der Waals surface area (Å²) >= 11 is 0. The zero-order valence-corrected chi connectivity index (χ0v) is 13.7. The molecule has 1 fully saturated rings. The highest BCUT2D eigenvalue weighted by Gasteiger charge is 2.20. The molecule has 2 N–H and O–H groups in total. The van der Waals surface area contributed by atoms with Crippen molar-refractivity contribution in [3.63, 3.8) is 0 Å². The summed E-state index contributed by atoms with van der Waals surface area (Å²) in [6.45, 7) is 3.61. The lowest BCUT2D eigenvalue weighted by molar-refractivity contribution is -0.131. The molecule has 2 aromatic rings. The Morgan fingerprint density at radius 2 is 1.54 bits per heavy atom. The van der Waals surface area contributed by atoms with E-state index in [-0.39, 0.29) is 5.91 Å². The van der Waals surface area contributed by atoms with Gasteiger partial charge in [-0.3, -0.25) is 4.79 Å². The number of carbonyl (C=O) groups is 1. The Bertz CT molecular complexity index is 650. The summed E-state index contributed by atoms with van der Waals surface area (Å²) in [6.07, 6.45) is 0.436. The minimum atomic E-state index is 0.156. The average Bonchev–Trinajstić information content (AvgIpc) is 2.64. The molecule has 24 heavy (non-hydrogen) atoms. The van der Waals surface area contributed by atoms with Crippen LogP contribution in [0, 0.1) is 0 Å². The number of benzene rings is 2. The highest BCUT2D eigenvalue weighted by molar-refractivity contribution is 5.76. The van der Waals surface area contributed by atoms with Crippen LogP contribution in [0.2, 0.25) is 0 Å². The lowest BCUT2D eigenvalue weighted by Gasteiger charge is -2.36. The van der Waals surface area contributed by atoms with Crippen molar-refractivity contribution < 1.29 is 9.53 Å². The molecule has 1 amide bonds. The minimum absolute atomic E-state index is 0.156. The van der Waals surface area contributed by atoms with Crippen LogP contribution in [0.1, 0.15) is 6.42 Å². The van der Waals surface area contributed by atoms with Crippen LogP contribution < -0.4 is 15.4 Å². The summed E-state index contributed by atoms with van der Waals surface area (Å²) in [5.41, 5.74) is 6.61. The van der Waals surface area contributed by atoms with Crippen molar-refractivity contribution in [2.24, 2.45) is 5.73 Å². The second kappa shape index (κ2) is 7.84. The van der Waals surface area contributed by atoms with Gasteiger partial charge in [-0.15, -0.1) is 0 Å². The summed E-state index contributed by atoms with van der Waals surface area (Å²) in [4.78, 5) is 16.1. The zero-order valence-electron chi connectivity index (χ0n) is 13.7. The van der Waals surface area contributed by atoms with E-state index in [2.05, 4.69) is 17.0 Å². The highest BCUT2D eigenvalue weighted by atomic mass is 16.5. The van der Waals surface area contributed by atoms with Gasteiger partial charge >= 0.3 is 0 Å². The van der Waals surface area contributed by atoms with Gasteiger partial charge in [-0.25, -0.2) is 0 Å². The number of ether oxygens (including phenoxy) is 1. The van der Waals surface area contributed by atoms with E-state index in [1.165, 1.54) is 0 Å². The second-order valence-electron chi connectivity index (χ2n) is 5.82. The molecule has 0 unspecified atom stereocenters. The Morgan fingerprint density at radius 3 is 2.17 bits per heavy atom. The molecule has 1 aliphatic heterocycles. The molecule has 126 valence electrons. The van der Waals surface area contributed by atoms with Crippen LogP contribution in [0.5, 0.6) is 11.5 Å². The standard InChI is InChI=1S/C19H23N3O2/c20-11-10-19(23)22-14-12-21(13-15-22)16-6-8-18(9-7-16)24-17-4-2-1-3-5-17/h1-9H,10-15,20H2. The number of hydrogen-bond acceptors (Lipinski definition) is 4. The molecule has 0 saturated carbocycles. The van der Waals surface area contributed by atoms with Gasteiger partial charge in [0.1, 0.15) is 11.5 Å². The summed E-state index contributed by atoms with van der Waals surface area (Å²) < 4.78 is 5.81. The number of hydrogen-bond donors (Lipinski definition) is 1. The number of piperazine rings is 1. The van der Waals surface area contributed by atoms with Crippen LogP contribution in [0.3, 0.4) is 0 Å². The fraction of sp³-hybridized carbons (Fsp3) is 0.316. The molecular weight excluding hydrogens is 302 g/mol. The molecule has 0 spiro atoms. The monoisotopic (exact) mass is 325 g/mol. The maximum absolute atomic E-state index is 11.9. The van der Waals surface area contributed by atoms with E-state index in [0.717, 1.165) is 43.4 Å². The molecule has 0 aliphatic carbocycles. The van der Waals surface area contributed by atoms with Crippen molar-refractivity contribution in [1.29, 1.82) is 0 Å². The van der Waals surface area contributed by atoms with Crippen LogP contribution in [0.15, 0.2) is 54.6 Å². The van der Waals surface area contributed by atoms with Crippen molar-refractivity contribution in [3.8, 4) is 11.5 Å². The van der Waals surface area contributed by atoms with Crippen molar-refractivity contribution >= 4 is 11.6 Å². The van der Waals surface area contributed by atoms with E-state index in [9.17, 15) is 4.79 Å². The van der Waals surface area contributed by atoms with E-state index in [1.807, 2.05) is 47.4 Å². The Balaban J connectivity index is 1.56. The maximum Gasteiger partial charge on any atom is 0.223 e. The van der Waals surface area contributed by atoms with E-state index >= 15 is 0 Å². The lowest BCUT2D eigenvalue weighted by Crippen LogP contribution is -2.49. The first kappa shape index (κ1) is 16.3. The number of amides is 1. The molecule has 0 aromatic heterocycles. The van der Waals surface area contributed by atoms with Gasteiger partial charge in [0.2, 0.25) is 5.91 Å². The van der Waals surface area contributed by atoms with E-state index in [1.54, 1.807) is 0 Å². The Labute approximate surface area is 142 Å².